The molecule has 12 heavy (non-hydrogen) atoms. The second-order valence-electron chi connectivity index (χ2n) is 4.43. The highest BCUT2D eigenvalue weighted by Gasteiger charge is 2.34. The van der Waals surface area contributed by atoms with Gasteiger partial charge in [-0.05, 0) is 31.1 Å². The van der Waals surface area contributed by atoms with E-state index in [1.165, 1.54) is 0 Å². The standard InChI is InChI=1S/C10H18F2/c1-8(2)7-9-3-5-10(11,12)6-4-9/h8-9H,3-7H2,1-2H3. The average molecular weight is 176 g/mol. The largest absolute Gasteiger partial charge is 0.248 e. The van der Waals surface area contributed by atoms with Gasteiger partial charge in [0, 0.05) is 12.8 Å². The summed E-state index contributed by atoms with van der Waals surface area (Å²) in [7, 11) is 0. The molecule has 1 saturated carbocycles. The van der Waals surface area contributed by atoms with Crippen LogP contribution in [0.15, 0.2) is 0 Å². The van der Waals surface area contributed by atoms with E-state index in [1.54, 1.807) is 0 Å². The zero-order valence-electron chi connectivity index (χ0n) is 7.95. The third-order valence-electron chi connectivity index (χ3n) is 2.64. The lowest BCUT2D eigenvalue weighted by Crippen LogP contribution is -2.25. The van der Waals surface area contributed by atoms with E-state index in [4.69, 9.17) is 0 Å². The van der Waals surface area contributed by atoms with Gasteiger partial charge in [-0.15, -0.1) is 0 Å². The van der Waals surface area contributed by atoms with Crippen molar-refractivity contribution in [1.29, 1.82) is 0 Å². The molecule has 0 unspecified atom stereocenters. The Hall–Kier alpha value is -0.140. The molecule has 0 aromatic heterocycles. The van der Waals surface area contributed by atoms with Gasteiger partial charge in [-0.25, -0.2) is 8.78 Å². The molecule has 0 heterocycles. The van der Waals surface area contributed by atoms with Crippen LogP contribution in [0.4, 0.5) is 8.78 Å². The zero-order chi connectivity index (χ0) is 9.19. The highest BCUT2D eigenvalue weighted by atomic mass is 19.3. The van der Waals surface area contributed by atoms with Gasteiger partial charge in [0.2, 0.25) is 5.92 Å². The third-order valence-corrected chi connectivity index (χ3v) is 2.64. The van der Waals surface area contributed by atoms with Crippen molar-refractivity contribution >= 4 is 0 Å². The smallest absolute Gasteiger partial charge is 0.207 e. The van der Waals surface area contributed by atoms with Crippen LogP contribution in [-0.2, 0) is 0 Å². The molecule has 0 amide bonds. The first-order valence-electron chi connectivity index (χ1n) is 4.87. The lowest BCUT2D eigenvalue weighted by Gasteiger charge is -2.29. The Labute approximate surface area is 73.3 Å². The van der Waals surface area contributed by atoms with Gasteiger partial charge in [-0.3, -0.25) is 0 Å². The molecule has 0 atom stereocenters. The predicted molar refractivity (Wildman–Crippen MR) is 46.4 cm³/mol. The van der Waals surface area contributed by atoms with Crippen LogP contribution in [0.1, 0.15) is 46.0 Å². The minimum absolute atomic E-state index is 0.115. The molecule has 0 spiro atoms. The maximum Gasteiger partial charge on any atom is 0.248 e. The van der Waals surface area contributed by atoms with Gasteiger partial charge in [0.25, 0.3) is 0 Å². The summed E-state index contributed by atoms with van der Waals surface area (Å²) < 4.78 is 25.4. The fourth-order valence-corrected chi connectivity index (χ4v) is 2.00. The van der Waals surface area contributed by atoms with Gasteiger partial charge in [0.05, 0.1) is 0 Å². The van der Waals surface area contributed by atoms with Gasteiger partial charge < -0.3 is 0 Å². The molecule has 1 rings (SSSR count). The van der Waals surface area contributed by atoms with Crippen molar-refractivity contribution in [3.63, 3.8) is 0 Å². The van der Waals surface area contributed by atoms with E-state index in [0.29, 0.717) is 11.8 Å². The number of rotatable bonds is 2. The number of alkyl halides is 2. The van der Waals surface area contributed by atoms with E-state index in [0.717, 1.165) is 19.3 Å². The molecule has 0 aliphatic heterocycles. The Morgan fingerprint density at radius 3 is 2.17 bits per heavy atom. The fourth-order valence-electron chi connectivity index (χ4n) is 2.00. The van der Waals surface area contributed by atoms with E-state index < -0.39 is 5.92 Å². The average Bonchev–Trinajstić information content (AvgIpc) is 1.93. The maximum atomic E-state index is 12.7. The summed E-state index contributed by atoms with van der Waals surface area (Å²) in [5, 5.41) is 0. The van der Waals surface area contributed by atoms with Crippen molar-refractivity contribution < 1.29 is 8.78 Å². The molecule has 1 fully saturated rings. The van der Waals surface area contributed by atoms with Crippen LogP contribution < -0.4 is 0 Å². The molecule has 0 aromatic carbocycles. The molecule has 0 N–H and O–H groups in total. The Morgan fingerprint density at radius 2 is 1.75 bits per heavy atom. The maximum absolute atomic E-state index is 12.7. The van der Waals surface area contributed by atoms with Crippen LogP contribution in [-0.4, -0.2) is 5.92 Å². The normalized spacial score (nSPS) is 24.8. The van der Waals surface area contributed by atoms with Crippen molar-refractivity contribution in [3.8, 4) is 0 Å². The number of halogens is 2. The summed E-state index contributed by atoms with van der Waals surface area (Å²) in [6.07, 6.45) is 2.81. The molecule has 1 aliphatic carbocycles. The Kier molecular flexibility index (Phi) is 3.08. The Morgan fingerprint density at radius 1 is 1.25 bits per heavy atom. The highest BCUT2D eigenvalue weighted by Crippen LogP contribution is 2.38. The van der Waals surface area contributed by atoms with Gasteiger partial charge in [-0.1, -0.05) is 13.8 Å². The summed E-state index contributed by atoms with van der Waals surface area (Å²) in [6.45, 7) is 4.32. The molecule has 0 saturated heterocycles. The molecule has 1 aliphatic rings. The van der Waals surface area contributed by atoms with Crippen LogP contribution in [0.3, 0.4) is 0 Å². The van der Waals surface area contributed by atoms with E-state index in [9.17, 15) is 8.78 Å². The minimum atomic E-state index is -2.35. The summed E-state index contributed by atoms with van der Waals surface area (Å²) in [5.74, 6) is -1.14. The fraction of sp³-hybridized carbons (Fsp3) is 1.00. The van der Waals surface area contributed by atoms with Crippen LogP contribution in [0.5, 0.6) is 0 Å². The first kappa shape index (κ1) is 9.94. The quantitative estimate of drug-likeness (QED) is 0.599. The second kappa shape index (κ2) is 3.71. The van der Waals surface area contributed by atoms with E-state index >= 15 is 0 Å². The SMILES string of the molecule is CC(C)CC1CCC(F)(F)CC1. The van der Waals surface area contributed by atoms with E-state index in [1.807, 2.05) is 0 Å². The third kappa shape index (κ3) is 3.08. The predicted octanol–water partition coefficient (Wildman–Crippen LogP) is 3.86. The highest BCUT2D eigenvalue weighted by molar-refractivity contribution is 4.77. The van der Waals surface area contributed by atoms with Crippen LogP contribution in [0.2, 0.25) is 0 Å². The van der Waals surface area contributed by atoms with Crippen molar-refractivity contribution in [3.05, 3.63) is 0 Å². The first-order chi connectivity index (χ1) is 5.49. The lowest BCUT2D eigenvalue weighted by molar-refractivity contribution is -0.0476. The first-order valence-corrected chi connectivity index (χ1v) is 4.87. The molecule has 72 valence electrons. The monoisotopic (exact) mass is 176 g/mol. The van der Waals surface area contributed by atoms with Crippen molar-refractivity contribution in [2.24, 2.45) is 11.8 Å². The van der Waals surface area contributed by atoms with E-state index in [2.05, 4.69) is 13.8 Å². The van der Waals surface area contributed by atoms with Crippen molar-refractivity contribution in [1.82, 2.24) is 0 Å². The van der Waals surface area contributed by atoms with E-state index in [-0.39, 0.29) is 12.8 Å². The van der Waals surface area contributed by atoms with Gasteiger partial charge in [0.1, 0.15) is 0 Å². The molecular formula is C10H18F2. The lowest BCUT2D eigenvalue weighted by atomic mass is 9.82. The number of hydrogen-bond donors (Lipinski definition) is 0. The topological polar surface area (TPSA) is 0 Å². The summed E-state index contributed by atoms with van der Waals surface area (Å²) in [5.41, 5.74) is 0. The summed E-state index contributed by atoms with van der Waals surface area (Å²) in [6, 6.07) is 0. The molecule has 0 radical (unpaired) electrons. The second-order valence-corrected chi connectivity index (χ2v) is 4.43. The van der Waals surface area contributed by atoms with Crippen LogP contribution in [0, 0.1) is 11.8 Å². The zero-order valence-corrected chi connectivity index (χ0v) is 7.95. The van der Waals surface area contributed by atoms with Gasteiger partial charge >= 0.3 is 0 Å². The molecule has 2 heteroatoms. The summed E-state index contributed by atoms with van der Waals surface area (Å²) >= 11 is 0. The van der Waals surface area contributed by atoms with Crippen LogP contribution in [0.25, 0.3) is 0 Å². The van der Waals surface area contributed by atoms with Gasteiger partial charge in [-0.2, -0.15) is 0 Å². The Balaban J connectivity index is 2.27. The minimum Gasteiger partial charge on any atom is -0.207 e. The summed E-state index contributed by atoms with van der Waals surface area (Å²) in [4.78, 5) is 0. The number of hydrogen-bond acceptors (Lipinski definition) is 0. The molecular weight excluding hydrogens is 158 g/mol. The van der Waals surface area contributed by atoms with Crippen LogP contribution >= 0.6 is 0 Å². The van der Waals surface area contributed by atoms with Crippen molar-refractivity contribution in [2.45, 2.75) is 51.9 Å². The molecule has 0 nitrogen and oxygen atoms in total. The molecule has 0 bridgehead atoms. The molecule has 0 aromatic rings. The Bertz CT molecular complexity index is 131. The van der Waals surface area contributed by atoms with Crippen molar-refractivity contribution in [2.75, 3.05) is 0 Å². The van der Waals surface area contributed by atoms with Gasteiger partial charge in [0.15, 0.2) is 0 Å².